The van der Waals surface area contributed by atoms with Crippen LogP contribution in [0.1, 0.15) is 32.6 Å². The quantitative estimate of drug-likeness (QED) is 0.797. The molecular formula is C19H22N4O2. The number of carbonyl (C=O) groups is 1. The molecule has 2 unspecified atom stereocenters. The van der Waals surface area contributed by atoms with Gasteiger partial charge in [-0.05, 0) is 43.0 Å². The van der Waals surface area contributed by atoms with Crippen LogP contribution in [0, 0.1) is 5.92 Å². The fraction of sp³-hybridized carbons (Fsp3) is 0.421. The van der Waals surface area contributed by atoms with Gasteiger partial charge in [-0.15, -0.1) is 0 Å². The van der Waals surface area contributed by atoms with Gasteiger partial charge in [-0.2, -0.15) is 0 Å². The zero-order valence-corrected chi connectivity index (χ0v) is 14.3. The number of carbonyl (C=O) groups excluding carboxylic acids is 1. The minimum absolute atomic E-state index is 0.00273. The second-order valence-corrected chi connectivity index (χ2v) is 6.94. The van der Waals surface area contributed by atoms with E-state index in [2.05, 4.69) is 17.2 Å². The highest BCUT2D eigenvalue weighted by Gasteiger charge is 2.23. The molecular weight excluding hydrogens is 316 g/mol. The van der Waals surface area contributed by atoms with E-state index in [-0.39, 0.29) is 24.1 Å². The second kappa shape index (κ2) is 6.35. The van der Waals surface area contributed by atoms with Gasteiger partial charge in [0.25, 0.3) is 5.56 Å². The number of hydrogen-bond acceptors (Lipinski definition) is 3. The number of rotatable bonds is 3. The zero-order chi connectivity index (χ0) is 17.4. The summed E-state index contributed by atoms with van der Waals surface area (Å²) >= 11 is 0. The summed E-state index contributed by atoms with van der Waals surface area (Å²) in [6.45, 7) is 2.18. The molecule has 0 aromatic carbocycles. The number of fused-ring (bicyclic) bond motifs is 3. The Bertz CT molecular complexity index is 988. The molecule has 6 nitrogen and oxygen atoms in total. The topological polar surface area (TPSA) is 68.4 Å². The van der Waals surface area contributed by atoms with Gasteiger partial charge in [0.2, 0.25) is 5.91 Å². The van der Waals surface area contributed by atoms with Gasteiger partial charge in [-0.3, -0.25) is 14.2 Å². The van der Waals surface area contributed by atoms with E-state index < -0.39 is 0 Å². The van der Waals surface area contributed by atoms with Crippen molar-refractivity contribution in [1.82, 2.24) is 19.3 Å². The molecule has 4 rings (SSSR count). The summed E-state index contributed by atoms with van der Waals surface area (Å²) in [6.07, 6.45) is 8.02. The number of nitrogens with one attached hydrogen (secondary N) is 1. The molecule has 3 aromatic heterocycles. The third-order valence-electron chi connectivity index (χ3n) is 5.25. The van der Waals surface area contributed by atoms with Crippen molar-refractivity contribution < 1.29 is 4.79 Å². The minimum atomic E-state index is -0.192. The molecule has 1 aliphatic rings. The summed E-state index contributed by atoms with van der Waals surface area (Å²) in [5, 5.41) is 3.12. The summed E-state index contributed by atoms with van der Waals surface area (Å²) in [7, 11) is 0. The van der Waals surface area contributed by atoms with Crippen molar-refractivity contribution in [2.45, 2.75) is 45.2 Å². The SMILES string of the molecule is CC1CCCCC1NC(=O)Cn1c(=O)c2cccn2c2cccnc21. The summed E-state index contributed by atoms with van der Waals surface area (Å²) in [6, 6.07) is 7.55. The fourth-order valence-electron chi connectivity index (χ4n) is 3.86. The molecule has 1 amide bonds. The van der Waals surface area contributed by atoms with E-state index in [1.807, 2.05) is 28.8 Å². The Morgan fingerprint density at radius 2 is 2.04 bits per heavy atom. The van der Waals surface area contributed by atoms with Gasteiger partial charge in [-0.25, -0.2) is 4.98 Å². The van der Waals surface area contributed by atoms with Crippen LogP contribution in [-0.4, -0.2) is 25.9 Å². The maximum absolute atomic E-state index is 12.8. The Balaban J connectivity index is 1.69. The lowest BCUT2D eigenvalue weighted by Crippen LogP contribution is -2.43. The van der Waals surface area contributed by atoms with Gasteiger partial charge >= 0.3 is 0 Å². The Morgan fingerprint density at radius 1 is 1.24 bits per heavy atom. The zero-order valence-electron chi connectivity index (χ0n) is 14.3. The van der Waals surface area contributed by atoms with Gasteiger partial charge in [0.1, 0.15) is 12.1 Å². The van der Waals surface area contributed by atoms with Gasteiger partial charge < -0.3 is 9.72 Å². The fourth-order valence-corrected chi connectivity index (χ4v) is 3.86. The van der Waals surface area contributed by atoms with Crippen molar-refractivity contribution in [3.05, 3.63) is 47.0 Å². The number of nitrogens with zero attached hydrogens (tertiary/aromatic N) is 3. The molecule has 1 fully saturated rings. The monoisotopic (exact) mass is 338 g/mol. The van der Waals surface area contributed by atoms with Gasteiger partial charge in [-0.1, -0.05) is 19.8 Å². The molecule has 1 saturated carbocycles. The van der Waals surface area contributed by atoms with Crippen LogP contribution in [-0.2, 0) is 11.3 Å². The molecule has 130 valence electrons. The average Bonchev–Trinajstić information content (AvgIpc) is 3.11. The van der Waals surface area contributed by atoms with Crippen LogP contribution >= 0.6 is 0 Å². The van der Waals surface area contributed by atoms with Crippen LogP contribution in [0.25, 0.3) is 16.7 Å². The van der Waals surface area contributed by atoms with Crippen molar-refractivity contribution in [3.63, 3.8) is 0 Å². The molecule has 1 N–H and O–H groups in total. The van der Waals surface area contributed by atoms with E-state index in [1.54, 1.807) is 12.3 Å². The van der Waals surface area contributed by atoms with Crippen molar-refractivity contribution in [3.8, 4) is 0 Å². The van der Waals surface area contributed by atoms with Crippen LogP contribution in [0.5, 0.6) is 0 Å². The van der Waals surface area contributed by atoms with Gasteiger partial charge in [0.05, 0.1) is 5.52 Å². The van der Waals surface area contributed by atoms with E-state index in [9.17, 15) is 9.59 Å². The first-order chi connectivity index (χ1) is 12.1. The predicted octanol–water partition coefficient (Wildman–Crippen LogP) is 2.34. The van der Waals surface area contributed by atoms with E-state index in [4.69, 9.17) is 0 Å². The van der Waals surface area contributed by atoms with Crippen molar-refractivity contribution >= 4 is 22.6 Å². The van der Waals surface area contributed by atoms with Gasteiger partial charge in [0, 0.05) is 18.4 Å². The summed E-state index contributed by atoms with van der Waals surface area (Å²) in [4.78, 5) is 29.8. The summed E-state index contributed by atoms with van der Waals surface area (Å²) < 4.78 is 3.30. The Labute approximate surface area is 145 Å². The predicted molar refractivity (Wildman–Crippen MR) is 96.5 cm³/mol. The maximum Gasteiger partial charge on any atom is 0.276 e. The Morgan fingerprint density at radius 3 is 2.88 bits per heavy atom. The molecule has 0 aliphatic heterocycles. The van der Waals surface area contributed by atoms with E-state index in [1.165, 1.54) is 11.0 Å². The lowest BCUT2D eigenvalue weighted by atomic mass is 9.86. The molecule has 2 atom stereocenters. The molecule has 25 heavy (non-hydrogen) atoms. The van der Waals surface area contributed by atoms with Crippen LogP contribution in [0.2, 0.25) is 0 Å². The third-order valence-corrected chi connectivity index (χ3v) is 5.25. The smallest absolute Gasteiger partial charge is 0.276 e. The number of hydrogen-bond donors (Lipinski definition) is 1. The molecule has 6 heteroatoms. The first-order valence-electron chi connectivity index (χ1n) is 8.89. The molecule has 1 aliphatic carbocycles. The summed E-state index contributed by atoms with van der Waals surface area (Å²) in [5.41, 5.74) is 1.71. The highest BCUT2D eigenvalue weighted by molar-refractivity contribution is 5.80. The summed E-state index contributed by atoms with van der Waals surface area (Å²) in [5.74, 6) is 0.362. The van der Waals surface area contributed by atoms with Crippen LogP contribution in [0.15, 0.2) is 41.5 Å². The molecule has 0 radical (unpaired) electrons. The maximum atomic E-state index is 12.8. The molecule has 3 heterocycles. The largest absolute Gasteiger partial charge is 0.352 e. The molecule has 0 saturated heterocycles. The molecule has 0 bridgehead atoms. The number of aromatic nitrogens is 3. The van der Waals surface area contributed by atoms with Crippen molar-refractivity contribution in [1.29, 1.82) is 0 Å². The number of pyridine rings is 1. The van der Waals surface area contributed by atoms with Crippen molar-refractivity contribution in [2.75, 3.05) is 0 Å². The van der Waals surface area contributed by atoms with Crippen molar-refractivity contribution in [2.24, 2.45) is 5.92 Å². The van der Waals surface area contributed by atoms with E-state index in [0.717, 1.165) is 24.8 Å². The normalized spacial score (nSPS) is 20.8. The molecule has 0 spiro atoms. The highest BCUT2D eigenvalue weighted by Crippen LogP contribution is 2.23. The second-order valence-electron chi connectivity index (χ2n) is 6.94. The molecule has 3 aromatic rings. The van der Waals surface area contributed by atoms with Crippen LogP contribution < -0.4 is 10.9 Å². The highest BCUT2D eigenvalue weighted by atomic mass is 16.2. The lowest BCUT2D eigenvalue weighted by Gasteiger charge is -2.29. The average molecular weight is 338 g/mol. The van der Waals surface area contributed by atoms with Crippen LogP contribution in [0.3, 0.4) is 0 Å². The third kappa shape index (κ3) is 2.81. The first-order valence-corrected chi connectivity index (χ1v) is 8.89. The minimum Gasteiger partial charge on any atom is -0.352 e. The first kappa shape index (κ1) is 15.9. The van der Waals surface area contributed by atoms with Gasteiger partial charge in [0.15, 0.2) is 5.65 Å². The van der Waals surface area contributed by atoms with E-state index in [0.29, 0.717) is 17.1 Å². The van der Waals surface area contributed by atoms with Crippen LogP contribution in [0.4, 0.5) is 0 Å². The standard InChI is InChI=1S/C19H22N4O2/c1-13-6-2-3-7-14(13)21-17(24)12-23-18-15(8-4-10-20-18)22-11-5-9-16(22)19(23)25/h4-5,8-11,13-14H,2-3,6-7,12H2,1H3,(H,21,24). The lowest BCUT2D eigenvalue weighted by molar-refractivity contribution is -0.122. The Hall–Kier alpha value is -2.63. The Kier molecular flexibility index (Phi) is 4.03. The number of amides is 1. The van der Waals surface area contributed by atoms with E-state index >= 15 is 0 Å².